The molecular weight excluding hydrogens is 228 g/mol. The van der Waals surface area contributed by atoms with Crippen LogP contribution in [0, 0.1) is 17.8 Å². The van der Waals surface area contributed by atoms with E-state index in [-0.39, 0.29) is 6.61 Å². The molecule has 0 bridgehead atoms. The molecule has 0 amide bonds. The zero-order valence-corrected chi connectivity index (χ0v) is 12.9. The van der Waals surface area contributed by atoms with E-state index in [2.05, 4.69) is 41.5 Å². The van der Waals surface area contributed by atoms with Crippen LogP contribution in [0.5, 0.6) is 0 Å². The lowest BCUT2D eigenvalue weighted by Crippen LogP contribution is -2.49. The smallest absolute Gasteiger partial charge is 0.106 e. The van der Waals surface area contributed by atoms with Gasteiger partial charge in [-0.1, -0.05) is 41.5 Å². The fraction of sp³-hybridized carbons (Fsp3) is 1.00. The van der Waals surface area contributed by atoms with Crippen molar-refractivity contribution in [1.82, 2.24) is 0 Å². The Morgan fingerprint density at radius 2 is 1.33 bits per heavy atom. The lowest BCUT2D eigenvalue weighted by Gasteiger charge is -2.40. The standard InChI is InChI=1S/C15H32O3/c1-11(2)7-15(8-12(3)4,14(17)9-16)18-10-13(5)6/h11-14,16-17H,7-10H2,1-6H3. The van der Waals surface area contributed by atoms with Gasteiger partial charge in [0.2, 0.25) is 0 Å². The Labute approximate surface area is 113 Å². The molecule has 3 nitrogen and oxygen atoms in total. The van der Waals surface area contributed by atoms with E-state index >= 15 is 0 Å². The van der Waals surface area contributed by atoms with Gasteiger partial charge in [-0.05, 0) is 30.6 Å². The Morgan fingerprint density at radius 1 is 0.889 bits per heavy atom. The second-order valence-corrected chi connectivity index (χ2v) is 6.66. The number of aliphatic hydroxyl groups excluding tert-OH is 2. The van der Waals surface area contributed by atoms with E-state index in [0.717, 1.165) is 12.8 Å². The van der Waals surface area contributed by atoms with Crippen molar-refractivity contribution in [3.8, 4) is 0 Å². The first-order chi connectivity index (χ1) is 8.23. The van der Waals surface area contributed by atoms with E-state index in [1.54, 1.807) is 0 Å². The molecular formula is C15H32O3. The first-order valence-corrected chi connectivity index (χ1v) is 7.16. The van der Waals surface area contributed by atoms with E-state index in [4.69, 9.17) is 4.74 Å². The minimum absolute atomic E-state index is 0.239. The van der Waals surface area contributed by atoms with Gasteiger partial charge in [0.15, 0.2) is 0 Å². The normalized spacial score (nSPS) is 14.8. The molecule has 3 heteroatoms. The van der Waals surface area contributed by atoms with E-state index in [1.807, 2.05) is 0 Å². The molecule has 0 aliphatic carbocycles. The molecule has 0 heterocycles. The van der Waals surface area contributed by atoms with Crippen molar-refractivity contribution in [3.05, 3.63) is 0 Å². The summed E-state index contributed by atoms with van der Waals surface area (Å²) in [6.07, 6.45) is 0.750. The van der Waals surface area contributed by atoms with Gasteiger partial charge in [0.1, 0.15) is 6.10 Å². The molecule has 0 rings (SSSR count). The van der Waals surface area contributed by atoms with E-state index in [9.17, 15) is 10.2 Å². The summed E-state index contributed by atoms with van der Waals surface area (Å²) in [6.45, 7) is 13.1. The third-order valence-electron chi connectivity index (χ3n) is 2.99. The summed E-state index contributed by atoms with van der Waals surface area (Å²) in [4.78, 5) is 0. The Morgan fingerprint density at radius 3 is 1.61 bits per heavy atom. The van der Waals surface area contributed by atoms with Crippen LogP contribution in [0.25, 0.3) is 0 Å². The third-order valence-corrected chi connectivity index (χ3v) is 2.99. The zero-order chi connectivity index (χ0) is 14.3. The quantitative estimate of drug-likeness (QED) is 0.670. The predicted octanol–water partition coefficient (Wildman–Crippen LogP) is 2.84. The molecule has 1 unspecified atom stereocenters. The van der Waals surface area contributed by atoms with Gasteiger partial charge in [0.25, 0.3) is 0 Å². The number of rotatable bonds is 9. The topological polar surface area (TPSA) is 49.7 Å². The Bertz CT molecular complexity index is 202. The van der Waals surface area contributed by atoms with Gasteiger partial charge in [0, 0.05) is 6.61 Å². The van der Waals surface area contributed by atoms with Crippen molar-refractivity contribution in [3.63, 3.8) is 0 Å². The molecule has 0 aliphatic heterocycles. The number of ether oxygens (including phenoxy) is 1. The number of hydrogen-bond donors (Lipinski definition) is 2. The van der Waals surface area contributed by atoms with Gasteiger partial charge in [-0.3, -0.25) is 0 Å². The maximum atomic E-state index is 10.2. The monoisotopic (exact) mass is 260 g/mol. The minimum Gasteiger partial charge on any atom is -0.394 e. The molecule has 0 aliphatic rings. The van der Waals surface area contributed by atoms with Crippen molar-refractivity contribution in [1.29, 1.82) is 0 Å². The van der Waals surface area contributed by atoms with Gasteiger partial charge in [-0.2, -0.15) is 0 Å². The summed E-state index contributed by atoms with van der Waals surface area (Å²) in [5, 5.41) is 19.5. The lowest BCUT2D eigenvalue weighted by atomic mass is 9.80. The second kappa shape index (κ2) is 8.13. The van der Waals surface area contributed by atoms with Crippen molar-refractivity contribution in [2.24, 2.45) is 17.8 Å². The number of aliphatic hydroxyl groups is 2. The first-order valence-electron chi connectivity index (χ1n) is 7.16. The lowest BCUT2D eigenvalue weighted by molar-refractivity contribution is -0.161. The molecule has 2 N–H and O–H groups in total. The Hall–Kier alpha value is -0.120. The van der Waals surface area contributed by atoms with E-state index < -0.39 is 11.7 Å². The van der Waals surface area contributed by atoms with Crippen LogP contribution in [-0.2, 0) is 4.74 Å². The first kappa shape index (κ1) is 17.9. The molecule has 0 aromatic heterocycles. The largest absolute Gasteiger partial charge is 0.394 e. The van der Waals surface area contributed by atoms with Crippen LogP contribution in [0.1, 0.15) is 54.4 Å². The SMILES string of the molecule is CC(C)COC(CC(C)C)(CC(C)C)C(O)CO. The van der Waals surface area contributed by atoms with Crippen LogP contribution in [0.2, 0.25) is 0 Å². The van der Waals surface area contributed by atoms with E-state index in [0.29, 0.717) is 24.4 Å². The molecule has 1 atom stereocenters. The Balaban J connectivity index is 4.98. The van der Waals surface area contributed by atoms with Crippen LogP contribution in [0.3, 0.4) is 0 Å². The summed E-state index contributed by atoms with van der Waals surface area (Å²) >= 11 is 0. The van der Waals surface area contributed by atoms with Gasteiger partial charge >= 0.3 is 0 Å². The zero-order valence-electron chi connectivity index (χ0n) is 12.9. The van der Waals surface area contributed by atoms with Crippen LogP contribution < -0.4 is 0 Å². The van der Waals surface area contributed by atoms with Crippen molar-refractivity contribution < 1.29 is 14.9 Å². The molecule has 0 aromatic carbocycles. The van der Waals surface area contributed by atoms with Crippen molar-refractivity contribution >= 4 is 0 Å². The molecule has 18 heavy (non-hydrogen) atoms. The van der Waals surface area contributed by atoms with Crippen LogP contribution in [0.4, 0.5) is 0 Å². The summed E-state index contributed by atoms with van der Waals surface area (Å²) in [5.41, 5.74) is -0.610. The number of hydrogen-bond acceptors (Lipinski definition) is 3. The van der Waals surface area contributed by atoms with Gasteiger partial charge in [-0.25, -0.2) is 0 Å². The molecule has 0 radical (unpaired) electrons. The highest BCUT2D eigenvalue weighted by molar-refractivity contribution is 4.90. The molecule has 0 fully saturated rings. The average Bonchev–Trinajstić information content (AvgIpc) is 2.23. The summed E-state index contributed by atoms with van der Waals surface area (Å²) in [7, 11) is 0. The highest BCUT2D eigenvalue weighted by atomic mass is 16.5. The molecule has 0 aromatic rings. The highest BCUT2D eigenvalue weighted by Crippen LogP contribution is 2.33. The summed E-state index contributed by atoms with van der Waals surface area (Å²) in [6, 6.07) is 0. The van der Waals surface area contributed by atoms with Gasteiger partial charge in [-0.15, -0.1) is 0 Å². The average molecular weight is 260 g/mol. The van der Waals surface area contributed by atoms with Crippen LogP contribution >= 0.6 is 0 Å². The maximum Gasteiger partial charge on any atom is 0.106 e. The van der Waals surface area contributed by atoms with Crippen LogP contribution in [0.15, 0.2) is 0 Å². The fourth-order valence-corrected chi connectivity index (χ4v) is 2.45. The molecule has 0 spiro atoms. The Kier molecular flexibility index (Phi) is 8.08. The molecule has 110 valence electrons. The molecule has 0 saturated heterocycles. The van der Waals surface area contributed by atoms with Crippen molar-refractivity contribution in [2.75, 3.05) is 13.2 Å². The fourth-order valence-electron chi connectivity index (χ4n) is 2.45. The third kappa shape index (κ3) is 6.17. The van der Waals surface area contributed by atoms with Crippen molar-refractivity contribution in [2.45, 2.75) is 66.1 Å². The second-order valence-electron chi connectivity index (χ2n) is 6.66. The van der Waals surface area contributed by atoms with Gasteiger partial charge < -0.3 is 14.9 Å². The van der Waals surface area contributed by atoms with E-state index in [1.165, 1.54) is 0 Å². The highest BCUT2D eigenvalue weighted by Gasteiger charge is 2.39. The van der Waals surface area contributed by atoms with Gasteiger partial charge in [0.05, 0.1) is 12.2 Å². The summed E-state index contributed by atoms with van der Waals surface area (Å²) < 4.78 is 6.06. The predicted molar refractivity (Wildman–Crippen MR) is 75.5 cm³/mol. The maximum absolute atomic E-state index is 10.2. The minimum atomic E-state index is -0.805. The molecule has 0 saturated carbocycles. The van der Waals surface area contributed by atoms with Crippen LogP contribution in [-0.4, -0.2) is 35.1 Å². The summed E-state index contributed by atoms with van der Waals surface area (Å²) in [5.74, 6) is 1.28.